The summed E-state index contributed by atoms with van der Waals surface area (Å²) in [5.41, 5.74) is -1.75. The summed E-state index contributed by atoms with van der Waals surface area (Å²) < 4.78 is 0. The van der Waals surface area contributed by atoms with Gasteiger partial charge in [-0.15, -0.1) is 0 Å². The monoisotopic (exact) mass is 163 g/mol. The first-order valence-corrected chi connectivity index (χ1v) is 3.28. The van der Waals surface area contributed by atoms with E-state index in [-0.39, 0.29) is 19.7 Å². The maximum atomic E-state index is 10.3. The van der Waals surface area contributed by atoms with Crippen molar-refractivity contribution in [2.24, 2.45) is 0 Å². The molecule has 0 amide bonds. The lowest BCUT2D eigenvalue weighted by Gasteiger charge is -2.17. The molecule has 0 aliphatic carbocycles. The Kier molecular flexibility index (Phi) is 4.02. The minimum absolute atomic E-state index is 0.0666. The fourth-order valence-electron chi connectivity index (χ4n) is 0.486. The van der Waals surface area contributed by atoms with Crippen molar-refractivity contribution < 1.29 is 20.1 Å². The van der Waals surface area contributed by atoms with Crippen molar-refractivity contribution in [1.82, 2.24) is 5.32 Å². The van der Waals surface area contributed by atoms with Crippen LogP contribution >= 0.6 is 0 Å². The zero-order valence-electron chi connectivity index (χ0n) is 6.37. The third-order valence-electron chi connectivity index (χ3n) is 1.22. The normalized spacial score (nSPS) is 15.9. The summed E-state index contributed by atoms with van der Waals surface area (Å²) >= 11 is 0. The molecule has 1 unspecified atom stereocenters. The van der Waals surface area contributed by atoms with Crippen molar-refractivity contribution in [2.75, 3.05) is 19.7 Å². The lowest BCUT2D eigenvalue weighted by atomic mass is 10.1. The quantitative estimate of drug-likeness (QED) is 0.367. The van der Waals surface area contributed by atoms with Crippen molar-refractivity contribution in [3.63, 3.8) is 0 Å². The molecule has 66 valence electrons. The molecule has 0 aliphatic heterocycles. The van der Waals surface area contributed by atoms with Gasteiger partial charge in [-0.2, -0.15) is 0 Å². The standard InChI is InChI=1S/C6H13NO4/c1-6(11,5(9)10)4-7-2-3-8/h7-8,11H,2-4H2,1H3,(H,9,10). The van der Waals surface area contributed by atoms with Crippen LogP contribution in [0.25, 0.3) is 0 Å². The molecule has 1 atom stereocenters. The van der Waals surface area contributed by atoms with Crippen LogP contribution in [0.5, 0.6) is 0 Å². The Bertz CT molecular complexity index is 135. The summed E-state index contributed by atoms with van der Waals surface area (Å²) in [6.45, 7) is 1.34. The number of aliphatic hydroxyl groups is 2. The number of aliphatic hydroxyl groups excluding tert-OH is 1. The van der Waals surface area contributed by atoms with Crippen LogP contribution < -0.4 is 5.32 Å². The summed E-state index contributed by atoms with van der Waals surface area (Å²) in [4.78, 5) is 10.3. The van der Waals surface area contributed by atoms with Gasteiger partial charge in [-0.05, 0) is 6.92 Å². The van der Waals surface area contributed by atoms with Gasteiger partial charge in [0.2, 0.25) is 0 Å². The number of nitrogens with one attached hydrogen (secondary N) is 1. The smallest absolute Gasteiger partial charge is 0.336 e. The lowest BCUT2D eigenvalue weighted by Crippen LogP contribution is -2.45. The van der Waals surface area contributed by atoms with Crippen LogP contribution in [-0.4, -0.2) is 46.6 Å². The Morgan fingerprint density at radius 2 is 2.18 bits per heavy atom. The Morgan fingerprint density at radius 3 is 2.55 bits per heavy atom. The predicted molar refractivity (Wildman–Crippen MR) is 38.2 cm³/mol. The van der Waals surface area contributed by atoms with E-state index in [1.165, 1.54) is 6.92 Å². The van der Waals surface area contributed by atoms with E-state index in [1.807, 2.05) is 0 Å². The first-order chi connectivity index (χ1) is 5.00. The predicted octanol–water partition coefficient (Wildman–Crippen LogP) is -1.60. The van der Waals surface area contributed by atoms with Crippen LogP contribution in [0.1, 0.15) is 6.92 Å². The maximum absolute atomic E-state index is 10.3. The van der Waals surface area contributed by atoms with Gasteiger partial charge in [0.15, 0.2) is 5.60 Å². The van der Waals surface area contributed by atoms with Crippen LogP contribution in [0, 0.1) is 0 Å². The summed E-state index contributed by atoms with van der Waals surface area (Å²) in [6, 6.07) is 0. The fourth-order valence-corrected chi connectivity index (χ4v) is 0.486. The summed E-state index contributed by atoms with van der Waals surface area (Å²) in [5.74, 6) is -1.28. The highest BCUT2D eigenvalue weighted by atomic mass is 16.4. The van der Waals surface area contributed by atoms with Gasteiger partial charge in [0, 0.05) is 13.1 Å². The van der Waals surface area contributed by atoms with Crippen molar-refractivity contribution >= 4 is 5.97 Å². The topological polar surface area (TPSA) is 89.8 Å². The van der Waals surface area contributed by atoms with Crippen LogP contribution in [0.15, 0.2) is 0 Å². The molecule has 4 N–H and O–H groups in total. The Balaban J connectivity index is 3.64. The summed E-state index contributed by atoms with van der Waals surface area (Å²) in [5, 5.41) is 28.3. The van der Waals surface area contributed by atoms with Gasteiger partial charge in [0.05, 0.1) is 6.61 Å². The molecule has 11 heavy (non-hydrogen) atoms. The van der Waals surface area contributed by atoms with E-state index in [4.69, 9.17) is 15.3 Å². The van der Waals surface area contributed by atoms with Gasteiger partial charge in [-0.25, -0.2) is 4.79 Å². The lowest BCUT2D eigenvalue weighted by molar-refractivity contribution is -0.156. The van der Waals surface area contributed by atoms with Gasteiger partial charge < -0.3 is 20.6 Å². The van der Waals surface area contributed by atoms with E-state index in [0.29, 0.717) is 0 Å². The average Bonchev–Trinajstić information content (AvgIpc) is 1.88. The molecular weight excluding hydrogens is 150 g/mol. The second-order valence-corrected chi connectivity index (χ2v) is 2.48. The molecular formula is C6H13NO4. The molecule has 0 aromatic heterocycles. The molecule has 0 saturated heterocycles. The molecule has 0 aliphatic rings. The van der Waals surface area contributed by atoms with E-state index in [9.17, 15) is 4.79 Å². The molecule has 0 heterocycles. The third-order valence-corrected chi connectivity index (χ3v) is 1.22. The number of carbonyl (C=O) groups is 1. The number of hydrogen-bond donors (Lipinski definition) is 4. The highest BCUT2D eigenvalue weighted by molar-refractivity contribution is 5.76. The van der Waals surface area contributed by atoms with Crippen molar-refractivity contribution in [2.45, 2.75) is 12.5 Å². The van der Waals surface area contributed by atoms with Gasteiger partial charge in [0.1, 0.15) is 0 Å². The van der Waals surface area contributed by atoms with E-state index in [2.05, 4.69) is 5.32 Å². The zero-order chi connectivity index (χ0) is 8.91. The second kappa shape index (κ2) is 4.27. The minimum atomic E-state index is -1.75. The molecule has 0 radical (unpaired) electrons. The number of rotatable bonds is 5. The molecule has 0 bridgehead atoms. The van der Waals surface area contributed by atoms with E-state index in [1.54, 1.807) is 0 Å². The third kappa shape index (κ3) is 3.92. The Hall–Kier alpha value is -0.650. The first kappa shape index (κ1) is 10.3. The molecule has 0 aromatic rings. The second-order valence-electron chi connectivity index (χ2n) is 2.48. The Labute approximate surface area is 64.7 Å². The summed E-state index contributed by atoms with van der Waals surface area (Å²) in [7, 11) is 0. The van der Waals surface area contributed by atoms with Gasteiger partial charge in [0.25, 0.3) is 0 Å². The van der Waals surface area contributed by atoms with E-state index in [0.717, 1.165) is 0 Å². The van der Waals surface area contributed by atoms with Gasteiger partial charge in [-0.3, -0.25) is 0 Å². The van der Waals surface area contributed by atoms with Crippen LogP contribution in [0.2, 0.25) is 0 Å². The van der Waals surface area contributed by atoms with E-state index >= 15 is 0 Å². The van der Waals surface area contributed by atoms with E-state index < -0.39 is 11.6 Å². The average molecular weight is 163 g/mol. The number of carboxylic acids is 1. The van der Waals surface area contributed by atoms with Crippen LogP contribution in [0.4, 0.5) is 0 Å². The highest BCUT2D eigenvalue weighted by Crippen LogP contribution is 1.99. The molecule has 5 nitrogen and oxygen atoms in total. The largest absolute Gasteiger partial charge is 0.479 e. The number of carboxylic acid groups (broad SMARTS) is 1. The maximum Gasteiger partial charge on any atom is 0.336 e. The summed E-state index contributed by atoms with van der Waals surface area (Å²) in [6.07, 6.45) is 0. The number of hydrogen-bond acceptors (Lipinski definition) is 4. The van der Waals surface area contributed by atoms with Crippen LogP contribution in [0.3, 0.4) is 0 Å². The van der Waals surface area contributed by atoms with Crippen molar-refractivity contribution in [1.29, 1.82) is 0 Å². The highest BCUT2D eigenvalue weighted by Gasteiger charge is 2.28. The minimum Gasteiger partial charge on any atom is -0.479 e. The molecule has 0 rings (SSSR count). The van der Waals surface area contributed by atoms with Gasteiger partial charge in [-0.1, -0.05) is 0 Å². The molecule has 0 saturated carbocycles. The van der Waals surface area contributed by atoms with Crippen molar-refractivity contribution in [3.05, 3.63) is 0 Å². The zero-order valence-corrected chi connectivity index (χ0v) is 6.37. The fraction of sp³-hybridized carbons (Fsp3) is 0.833. The first-order valence-electron chi connectivity index (χ1n) is 3.28. The van der Waals surface area contributed by atoms with Crippen LogP contribution in [-0.2, 0) is 4.79 Å². The molecule has 0 aromatic carbocycles. The van der Waals surface area contributed by atoms with Crippen molar-refractivity contribution in [3.8, 4) is 0 Å². The Morgan fingerprint density at radius 1 is 1.64 bits per heavy atom. The SMILES string of the molecule is CC(O)(CNCCO)C(=O)O. The number of aliphatic carboxylic acids is 1. The molecule has 0 spiro atoms. The van der Waals surface area contributed by atoms with Gasteiger partial charge >= 0.3 is 5.97 Å². The molecule has 0 fully saturated rings. The molecule has 5 heteroatoms.